The smallest absolute Gasteiger partial charge is 0.239 e. The first-order valence-corrected chi connectivity index (χ1v) is 12.2. The van der Waals surface area contributed by atoms with E-state index >= 15 is 0 Å². The number of nitrogens with two attached hydrogens (primary N) is 1. The summed E-state index contributed by atoms with van der Waals surface area (Å²) in [6.45, 7) is 0.409. The molecule has 0 aliphatic rings. The van der Waals surface area contributed by atoms with E-state index in [1.807, 2.05) is 48.5 Å². The number of anilines is 1. The molecule has 0 radical (unpaired) electrons. The summed E-state index contributed by atoms with van der Waals surface area (Å²) < 4.78 is 23.7. The topological polar surface area (TPSA) is 144 Å². The van der Waals surface area contributed by atoms with E-state index in [-0.39, 0.29) is 10.6 Å². The van der Waals surface area contributed by atoms with Gasteiger partial charge in [-0.05, 0) is 47.5 Å². The van der Waals surface area contributed by atoms with E-state index in [0.29, 0.717) is 29.3 Å². The molecule has 0 spiro atoms. The van der Waals surface area contributed by atoms with Crippen LogP contribution in [0.15, 0.2) is 90.2 Å². The van der Waals surface area contributed by atoms with Crippen LogP contribution in [0, 0.1) is 0 Å². The first-order valence-electron chi connectivity index (χ1n) is 10.6. The number of pyridine rings is 2. The molecule has 5 aromatic rings. The summed E-state index contributed by atoms with van der Waals surface area (Å²) in [5.41, 5.74) is 3.62. The molecule has 35 heavy (non-hydrogen) atoms. The van der Waals surface area contributed by atoms with E-state index < -0.39 is 10.0 Å². The standard InChI is InChI=1S/C25H20N6O3S/c26-35(33,34)20-12-17(13-27-15-20)24-30-22-6-3-5-21(16-7-9-19(32)10-8-16)23(22)25(31-24)29-14-18-4-1-2-11-28-18/h1-13,15,32H,14H2,(H2,26,33,34)(H,29,30,31). The number of benzene rings is 2. The summed E-state index contributed by atoms with van der Waals surface area (Å²) in [5.74, 6) is 1.01. The fraction of sp³-hybridized carbons (Fsp3) is 0.0400. The molecule has 9 nitrogen and oxygen atoms in total. The predicted octanol–water partition coefficient (Wildman–Crippen LogP) is 3.72. The van der Waals surface area contributed by atoms with Gasteiger partial charge in [0.05, 0.1) is 23.1 Å². The highest BCUT2D eigenvalue weighted by Gasteiger charge is 2.16. The molecule has 4 N–H and O–H groups in total. The molecule has 0 amide bonds. The maximum Gasteiger partial charge on any atom is 0.239 e. The summed E-state index contributed by atoms with van der Waals surface area (Å²) in [4.78, 5) is 17.7. The summed E-state index contributed by atoms with van der Waals surface area (Å²) in [5, 5.41) is 19.1. The minimum atomic E-state index is -3.94. The van der Waals surface area contributed by atoms with Crippen LogP contribution >= 0.6 is 0 Å². The molecular formula is C25H20N6O3S. The molecule has 0 bridgehead atoms. The zero-order chi connectivity index (χ0) is 24.4. The third-order valence-electron chi connectivity index (χ3n) is 5.36. The maximum atomic E-state index is 11.8. The Labute approximate surface area is 201 Å². The molecule has 2 aromatic carbocycles. The normalized spacial score (nSPS) is 11.5. The van der Waals surface area contributed by atoms with Crippen molar-refractivity contribution in [3.63, 3.8) is 0 Å². The fourth-order valence-electron chi connectivity index (χ4n) is 3.70. The third-order valence-corrected chi connectivity index (χ3v) is 6.24. The van der Waals surface area contributed by atoms with Crippen molar-refractivity contribution in [1.29, 1.82) is 0 Å². The first kappa shape index (κ1) is 22.4. The van der Waals surface area contributed by atoms with Crippen LogP contribution in [0.1, 0.15) is 5.69 Å². The van der Waals surface area contributed by atoms with Gasteiger partial charge < -0.3 is 10.4 Å². The van der Waals surface area contributed by atoms with E-state index in [4.69, 9.17) is 15.1 Å². The second-order valence-electron chi connectivity index (χ2n) is 7.77. The Balaban J connectivity index is 1.69. The fourth-order valence-corrected chi connectivity index (χ4v) is 4.19. The molecule has 5 rings (SSSR count). The van der Waals surface area contributed by atoms with Gasteiger partial charge >= 0.3 is 0 Å². The van der Waals surface area contributed by atoms with E-state index in [0.717, 1.165) is 22.2 Å². The minimum absolute atomic E-state index is 0.125. The predicted molar refractivity (Wildman–Crippen MR) is 133 cm³/mol. The van der Waals surface area contributed by atoms with Gasteiger partial charge in [-0.3, -0.25) is 9.97 Å². The van der Waals surface area contributed by atoms with Gasteiger partial charge in [0.1, 0.15) is 16.5 Å². The van der Waals surface area contributed by atoms with Crippen molar-refractivity contribution in [3.8, 4) is 28.3 Å². The van der Waals surface area contributed by atoms with E-state index in [1.54, 1.807) is 18.3 Å². The summed E-state index contributed by atoms with van der Waals surface area (Å²) in [6.07, 6.45) is 4.39. The molecule has 0 atom stereocenters. The van der Waals surface area contributed by atoms with Crippen molar-refractivity contribution in [1.82, 2.24) is 19.9 Å². The van der Waals surface area contributed by atoms with Gasteiger partial charge in [-0.15, -0.1) is 0 Å². The summed E-state index contributed by atoms with van der Waals surface area (Å²) in [6, 6.07) is 19.6. The highest BCUT2D eigenvalue weighted by molar-refractivity contribution is 7.89. The van der Waals surface area contributed by atoms with Crippen molar-refractivity contribution in [2.75, 3.05) is 5.32 Å². The number of hydrogen-bond acceptors (Lipinski definition) is 8. The molecule has 0 saturated heterocycles. The number of phenolic OH excluding ortho intramolecular Hbond substituents is 1. The molecular weight excluding hydrogens is 464 g/mol. The lowest BCUT2D eigenvalue weighted by Crippen LogP contribution is -2.12. The van der Waals surface area contributed by atoms with Crippen LogP contribution in [0.4, 0.5) is 5.82 Å². The lowest BCUT2D eigenvalue weighted by Gasteiger charge is -2.14. The average Bonchev–Trinajstić information content (AvgIpc) is 2.87. The summed E-state index contributed by atoms with van der Waals surface area (Å²) >= 11 is 0. The van der Waals surface area contributed by atoms with Crippen LogP contribution in [0.3, 0.4) is 0 Å². The molecule has 174 valence electrons. The Morgan fingerprint density at radius 1 is 0.914 bits per heavy atom. The molecule has 3 aromatic heterocycles. The third kappa shape index (κ3) is 4.79. The van der Waals surface area contributed by atoms with Crippen molar-refractivity contribution in [2.24, 2.45) is 5.14 Å². The Morgan fingerprint density at radius 2 is 1.74 bits per heavy atom. The number of hydrogen-bond donors (Lipinski definition) is 3. The Morgan fingerprint density at radius 3 is 2.49 bits per heavy atom. The number of aromatic nitrogens is 4. The highest BCUT2D eigenvalue weighted by atomic mass is 32.2. The zero-order valence-electron chi connectivity index (χ0n) is 18.3. The van der Waals surface area contributed by atoms with Crippen molar-refractivity contribution < 1.29 is 13.5 Å². The van der Waals surface area contributed by atoms with Crippen molar-refractivity contribution in [3.05, 3.63) is 91.0 Å². The number of rotatable bonds is 6. The van der Waals surface area contributed by atoms with Crippen molar-refractivity contribution >= 4 is 26.7 Å². The highest BCUT2D eigenvalue weighted by Crippen LogP contribution is 2.35. The minimum Gasteiger partial charge on any atom is -0.508 e. The van der Waals surface area contributed by atoms with E-state index in [2.05, 4.69) is 15.3 Å². The van der Waals surface area contributed by atoms with Gasteiger partial charge in [-0.25, -0.2) is 23.5 Å². The van der Waals surface area contributed by atoms with Crippen LogP contribution in [0.25, 0.3) is 33.4 Å². The number of phenols is 1. The van der Waals surface area contributed by atoms with Gasteiger partial charge in [-0.1, -0.05) is 30.3 Å². The zero-order valence-corrected chi connectivity index (χ0v) is 19.1. The van der Waals surface area contributed by atoms with Crippen LogP contribution in [-0.2, 0) is 16.6 Å². The number of primary sulfonamides is 1. The lowest BCUT2D eigenvalue weighted by molar-refractivity contribution is 0.475. The number of aromatic hydroxyl groups is 1. The second kappa shape index (κ2) is 9.09. The molecule has 0 aliphatic heterocycles. The van der Waals surface area contributed by atoms with Crippen LogP contribution in [-0.4, -0.2) is 33.5 Å². The number of sulfonamides is 1. The molecule has 10 heteroatoms. The molecule has 3 heterocycles. The van der Waals surface area contributed by atoms with Crippen LogP contribution in [0.2, 0.25) is 0 Å². The van der Waals surface area contributed by atoms with Gasteiger partial charge in [0.2, 0.25) is 10.0 Å². The number of fused-ring (bicyclic) bond motifs is 1. The van der Waals surface area contributed by atoms with Gasteiger partial charge in [-0.2, -0.15) is 0 Å². The largest absolute Gasteiger partial charge is 0.508 e. The monoisotopic (exact) mass is 484 g/mol. The number of nitrogens with zero attached hydrogens (tertiary/aromatic N) is 4. The van der Waals surface area contributed by atoms with Crippen LogP contribution in [0.5, 0.6) is 5.75 Å². The van der Waals surface area contributed by atoms with Crippen LogP contribution < -0.4 is 10.5 Å². The van der Waals surface area contributed by atoms with Crippen molar-refractivity contribution in [2.45, 2.75) is 11.4 Å². The number of nitrogens with one attached hydrogen (secondary N) is 1. The van der Waals surface area contributed by atoms with E-state index in [9.17, 15) is 13.5 Å². The summed E-state index contributed by atoms with van der Waals surface area (Å²) in [7, 11) is -3.94. The Hall–Kier alpha value is -4.41. The second-order valence-corrected chi connectivity index (χ2v) is 9.33. The first-order chi connectivity index (χ1) is 16.9. The molecule has 0 saturated carbocycles. The Kier molecular flexibility index (Phi) is 5.81. The van der Waals surface area contributed by atoms with Gasteiger partial charge in [0.25, 0.3) is 0 Å². The van der Waals surface area contributed by atoms with Gasteiger partial charge in [0, 0.05) is 24.2 Å². The van der Waals surface area contributed by atoms with E-state index in [1.165, 1.54) is 18.5 Å². The average molecular weight is 485 g/mol. The quantitative estimate of drug-likeness (QED) is 0.331. The molecule has 0 fully saturated rings. The maximum absolute atomic E-state index is 11.8. The molecule has 0 unspecified atom stereocenters. The SMILES string of the molecule is NS(=O)(=O)c1cncc(-c2nc(NCc3ccccn3)c3c(-c4ccc(O)cc4)cccc3n2)c1. The Bertz CT molecular complexity index is 1630. The molecule has 0 aliphatic carbocycles. The van der Waals surface area contributed by atoms with Gasteiger partial charge in [0.15, 0.2) is 5.82 Å². The lowest BCUT2D eigenvalue weighted by atomic mass is 10.0.